The molecular weight excluding hydrogens is 458 g/mol. The maximum Gasteiger partial charge on any atom is 0.407 e. The Kier molecular flexibility index (Phi) is 5.63. The Balaban J connectivity index is 1.45. The van der Waals surface area contributed by atoms with Crippen LogP contribution in [0.4, 0.5) is 10.6 Å². The van der Waals surface area contributed by atoms with Crippen LogP contribution in [-0.2, 0) is 0 Å². The van der Waals surface area contributed by atoms with E-state index in [9.17, 15) is 15.2 Å². The lowest BCUT2D eigenvalue weighted by atomic mass is 9.79. The third kappa shape index (κ3) is 4.13. The molecule has 0 spiro atoms. The van der Waals surface area contributed by atoms with E-state index in [1.54, 1.807) is 35.5 Å². The number of nitrogens with zero attached hydrogens (tertiary/aromatic N) is 6. The Morgan fingerprint density at radius 3 is 2.81 bits per heavy atom. The molecule has 4 aromatic rings. The second-order valence-electron chi connectivity index (χ2n) is 10.2. The predicted octanol–water partition coefficient (Wildman–Crippen LogP) is 4.94. The number of nitriles is 1. The maximum atomic E-state index is 11.8. The minimum atomic E-state index is -0.879. The van der Waals surface area contributed by atoms with Gasteiger partial charge in [0.05, 0.1) is 23.4 Å². The fraction of sp³-hybridized carbons (Fsp3) is 0.346. The van der Waals surface area contributed by atoms with Crippen LogP contribution in [0.5, 0.6) is 0 Å². The van der Waals surface area contributed by atoms with Gasteiger partial charge in [0.15, 0.2) is 5.58 Å². The first-order valence-electron chi connectivity index (χ1n) is 11.8. The lowest BCUT2D eigenvalue weighted by molar-refractivity contribution is 0.0408. The van der Waals surface area contributed by atoms with Gasteiger partial charge in [-0.1, -0.05) is 26.8 Å². The van der Waals surface area contributed by atoms with Crippen molar-refractivity contribution < 1.29 is 14.3 Å². The molecule has 10 nitrogen and oxygen atoms in total. The van der Waals surface area contributed by atoms with Gasteiger partial charge < -0.3 is 20.2 Å². The van der Waals surface area contributed by atoms with Crippen LogP contribution >= 0.6 is 0 Å². The van der Waals surface area contributed by atoms with E-state index in [2.05, 4.69) is 41.9 Å². The highest BCUT2D eigenvalue weighted by molar-refractivity contribution is 5.84. The first-order valence-corrected chi connectivity index (χ1v) is 11.8. The van der Waals surface area contributed by atoms with Crippen LogP contribution in [0.25, 0.3) is 33.7 Å². The monoisotopic (exact) mass is 485 g/mol. The van der Waals surface area contributed by atoms with E-state index in [1.165, 1.54) is 0 Å². The van der Waals surface area contributed by atoms with Crippen molar-refractivity contribution >= 4 is 23.0 Å². The van der Waals surface area contributed by atoms with Crippen molar-refractivity contribution in [3.63, 3.8) is 0 Å². The van der Waals surface area contributed by atoms with Gasteiger partial charge in [0.1, 0.15) is 17.4 Å². The van der Waals surface area contributed by atoms with Gasteiger partial charge >= 0.3 is 6.09 Å². The summed E-state index contributed by atoms with van der Waals surface area (Å²) in [6.07, 6.45) is 5.90. The van der Waals surface area contributed by atoms with Gasteiger partial charge in [0.25, 0.3) is 0 Å². The number of anilines is 1. The normalized spacial score (nSPS) is 18.3. The maximum absolute atomic E-state index is 11.8. The van der Waals surface area contributed by atoms with Gasteiger partial charge in [-0.05, 0) is 36.5 Å². The summed E-state index contributed by atoms with van der Waals surface area (Å²) in [5, 5.41) is 23.6. The molecule has 5 rings (SSSR count). The first-order chi connectivity index (χ1) is 17.2. The summed E-state index contributed by atoms with van der Waals surface area (Å²) in [5.74, 6) is 0.561. The molecule has 2 unspecified atom stereocenters. The van der Waals surface area contributed by atoms with Crippen molar-refractivity contribution in [1.29, 1.82) is 5.26 Å². The minimum Gasteiger partial charge on any atom is -0.465 e. The molecule has 1 saturated heterocycles. The predicted molar refractivity (Wildman–Crippen MR) is 134 cm³/mol. The molecule has 184 valence electrons. The van der Waals surface area contributed by atoms with Crippen molar-refractivity contribution in [1.82, 2.24) is 24.6 Å². The van der Waals surface area contributed by atoms with Gasteiger partial charge in [-0.3, -0.25) is 4.68 Å². The molecule has 0 saturated carbocycles. The number of likely N-dealkylation sites (tertiary alicyclic amines) is 1. The van der Waals surface area contributed by atoms with Gasteiger partial charge in [0.2, 0.25) is 5.89 Å². The zero-order valence-electron chi connectivity index (χ0n) is 20.3. The zero-order valence-corrected chi connectivity index (χ0v) is 20.3. The Bertz CT molecular complexity index is 1490. The molecule has 0 bridgehead atoms. The zero-order chi connectivity index (χ0) is 25.6. The third-order valence-electron chi connectivity index (χ3n) is 6.81. The summed E-state index contributed by atoms with van der Waals surface area (Å²) in [7, 11) is 0. The average Bonchev–Trinajstić information content (AvgIpc) is 3.51. The number of aromatic nitrogens is 4. The lowest BCUT2D eigenvalue weighted by Crippen LogP contribution is -2.51. The topological polar surface area (TPSA) is 147 Å². The van der Waals surface area contributed by atoms with E-state index in [-0.39, 0.29) is 23.3 Å². The second kappa shape index (κ2) is 8.68. The SMILES string of the molecule is CC(C)(C)C1CC(n2cc(-c3cnc(N)c(-c4nc5cccc(C#N)c5o4)c3)cn2)CCN1C(=O)O. The van der Waals surface area contributed by atoms with Gasteiger partial charge in [-0.2, -0.15) is 10.4 Å². The molecule has 36 heavy (non-hydrogen) atoms. The number of carboxylic acid groups (broad SMARTS) is 1. The molecule has 3 N–H and O–H groups in total. The fourth-order valence-corrected chi connectivity index (χ4v) is 4.88. The number of oxazole rings is 1. The number of nitrogens with two attached hydrogens (primary N) is 1. The second-order valence-corrected chi connectivity index (χ2v) is 10.2. The van der Waals surface area contributed by atoms with Crippen molar-refractivity contribution in [3.8, 4) is 28.7 Å². The van der Waals surface area contributed by atoms with Gasteiger partial charge in [-0.25, -0.2) is 14.8 Å². The quantitative estimate of drug-likeness (QED) is 0.415. The first kappa shape index (κ1) is 23.4. The minimum absolute atomic E-state index is 0.0845. The van der Waals surface area contributed by atoms with Crippen molar-refractivity contribution in [2.24, 2.45) is 5.41 Å². The molecule has 2 atom stereocenters. The van der Waals surface area contributed by atoms with Gasteiger partial charge in [-0.15, -0.1) is 0 Å². The Morgan fingerprint density at radius 2 is 2.08 bits per heavy atom. The molecule has 10 heteroatoms. The number of carbonyl (C=O) groups is 1. The highest BCUT2D eigenvalue weighted by Crippen LogP contribution is 2.37. The summed E-state index contributed by atoms with van der Waals surface area (Å²) >= 11 is 0. The van der Waals surface area contributed by atoms with Gasteiger partial charge in [0, 0.05) is 36.1 Å². The number of benzene rings is 1. The van der Waals surface area contributed by atoms with Crippen molar-refractivity contribution in [2.45, 2.75) is 45.7 Å². The molecular formula is C26H27N7O3. The van der Waals surface area contributed by atoms with E-state index >= 15 is 0 Å². The van der Waals surface area contributed by atoms with Crippen LogP contribution < -0.4 is 5.73 Å². The van der Waals surface area contributed by atoms with Crippen molar-refractivity contribution in [3.05, 3.63) is 48.4 Å². The molecule has 4 heterocycles. The van der Waals surface area contributed by atoms with Crippen molar-refractivity contribution in [2.75, 3.05) is 12.3 Å². The number of pyridine rings is 1. The highest BCUT2D eigenvalue weighted by Gasteiger charge is 2.39. The Hall–Kier alpha value is -4.39. The standard InChI is InChI=1S/C26H27N7O3/c1-26(2,3)21-10-18(7-8-32(21)25(34)35)33-14-17(13-30-33)16-9-19(23(28)29-12-16)24-31-20-6-4-5-15(11-27)22(20)36-24/h4-6,9,12-14,18,21H,7-8,10H2,1-3H3,(H2,28,29)(H,34,35). The molecule has 1 aromatic carbocycles. The summed E-state index contributed by atoms with van der Waals surface area (Å²) in [6, 6.07) is 9.15. The number of hydrogen-bond donors (Lipinski definition) is 2. The van der Waals surface area contributed by atoms with E-state index in [0.717, 1.165) is 11.1 Å². The van der Waals surface area contributed by atoms with E-state index < -0.39 is 6.09 Å². The summed E-state index contributed by atoms with van der Waals surface area (Å²) in [6.45, 7) is 6.67. The fourth-order valence-electron chi connectivity index (χ4n) is 4.88. The van der Waals surface area contributed by atoms with Crippen LogP contribution in [0.15, 0.2) is 47.3 Å². The van der Waals surface area contributed by atoms with Crippen LogP contribution in [0.1, 0.15) is 45.2 Å². The number of piperidine rings is 1. The summed E-state index contributed by atoms with van der Waals surface area (Å²) in [5.41, 5.74) is 9.53. The molecule has 1 amide bonds. The van der Waals surface area contributed by atoms with Crippen LogP contribution in [0, 0.1) is 16.7 Å². The molecule has 3 aromatic heterocycles. The molecule has 0 aliphatic carbocycles. The van der Waals surface area contributed by atoms with E-state index in [4.69, 9.17) is 10.2 Å². The van der Waals surface area contributed by atoms with E-state index in [0.29, 0.717) is 47.5 Å². The third-order valence-corrected chi connectivity index (χ3v) is 6.81. The average molecular weight is 486 g/mol. The number of hydrogen-bond acceptors (Lipinski definition) is 7. The Morgan fingerprint density at radius 1 is 1.28 bits per heavy atom. The highest BCUT2D eigenvalue weighted by atomic mass is 16.4. The van der Waals surface area contributed by atoms with Crippen LogP contribution in [0.2, 0.25) is 0 Å². The van der Waals surface area contributed by atoms with E-state index in [1.807, 2.05) is 16.9 Å². The number of fused-ring (bicyclic) bond motifs is 1. The Labute approximate surface area is 208 Å². The lowest BCUT2D eigenvalue weighted by Gasteiger charge is -2.44. The van der Waals surface area contributed by atoms with Crippen LogP contribution in [0.3, 0.4) is 0 Å². The number of rotatable bonds is 3. The summed E-state index contributed by atoms with van der Waals surface area (Å²) < 4.78 is 7.81. The smallest absolute Gasteiger partial charge is 0.407 e. The number of para-hydroxylation sites is 1. The molecule has 1 aliphatic rings. The van der Waals surface area contributed by atoms with Crippen LogP contribution in [-0.4, -0.2) is 48.4 Å². The molecule has 1 aliphatic heterocycles. The number of nitrogen functional groups attached to an aromatic ring is 1. The largest absolute Gasteiger partial charge is 0.465 e. The molecule has 0 radical (unpaired) electrons. The summed E-state index contributed by atoms with van der Waals surface area (Å²) in [4.78, 5) is 22.2. The molecule has 1 fully saturated rings. The number of amides is 1.